The average Bonchev–Trinajstić information content (AvgIpc) is 3.06. The Kier molecular flexibility index (Phi) is 4.66. The maximum absolute atomic E-state index is 5.50. The lowest BCUT2D eigenvalue weighted by atomic mass is 10.0. The lowest BCUT2D eigenvalue weighted by Gasteiger charge is -2.13. The topological polar surface area (TPSA) is 48.2 Å². The van der Waals surface area contributed by atoms with Crippen molar-refractivity contribution in [3.05, 3.63) is 42.5 Å². The van der Waals surface area contributed by atoms with Gasteiger partial charge in [0.05, 0.1) is 34.9 Å². The van der Waals surface area contributed by atoms with Crippen LogP contribution in [0.5, 0.6) is 5.75 Å². The number of halogens is 1. The summed E-state index contributed by atoms with van der Waals surface area (Å²) < 4.78 is 10.9. The van der Waals surface area contributed by atoms with E-state index in [0.717, 1.165) is 34.3 Å². The van der Waals surface area contributed by atoms with Gasteiger partial charge in [0.25, 0.3) is 0 Å². The van der Waals surface area contributed by atoms with Crippen LogP contribution in [0.3, 0.4) is 0 Å². The highest BCUT2D eigenvalue weighted by atomic mass is 79.9. The summed E-state index contributed by atoms with van der Waals surface area (Å²) in [6, 6.07) is 8.13. The van der Waals surface area contributed by atoms with E-state index in [1.165, 1.54) is 6.39 Å². The van der Waals surface area contributed by atoms with E-state index in [-0.39, 0.29) is 4.83 Å². The summed E-state index contributed by atoms with van der Waals surface area (Å²) in [7, 11) is 1.65. The fourth-order valence-corrected chi connectivity index (χ4v) is 3.59. The molecule has 0 saturated carbocycles. The van der Waals surface area contributed by atoms with Gasteiger partial charge in [-0.3, -0.25) is 4.98 Å². The Bertz CT molecular complexity index is 800. The monoisotopic (exact) mass is 374 g/mol. The van der Waals surface area contributed by atoms with Gasteiger partial charge in [0.15, 0.2) is 12.2 Å². The SMILES string of the molecule is COc1cc2nc(C(Br)CC(C)C)ccc2cc1-c1cnco1. The molecule has 23 heavy (non-hydrogen) atoms. The molecule has 0 fully saturated rings. The lowest BCUT2D eigenvalue weighted by molar-refractivity contribution is 0.415. The van der Waals surface area contributed by atoms with Crippen LogP contribution in [0.25, 0.3) is 22.2 Å². The minimum atomic E-state index is 0.256. The van der Waals surface area contributed by atoms with E-state index in [2.05, 4.69) is 46.9 Å². The summed E-state index contributed by atoms with van der Waals surface area (Å²) in [5.74, 6) is 2.03. The van der Waals surface area contributed by atoms with Crippen LogP contribution >= 0.6 is 15.9 Å². The number of nitrogens with zero attached hydrogens (tertiary/aromatic N) is 2. The van der Waals surface area contributed by atoms with E-state index in [1.807, 2.05) is 12.1 Å². The van der Waals surface area contributed by atoms with Gasteiger partial charge in [-0.2, -0.15) is 0 Å². The highest BCUT2D eigenvalue weighted by molar-refractivity contribution is 9.09. The third-order valence-corrected chi connectivity index (χ3v) is 4.57. The second-order valence-corrected chi connectivity index (χ2v) is 7.05. The number of methoxy groups -OCH3 is 1. The molecule has 2 aromatic heterocycles. The van der Waals surface area contributed by atoms with Crippen molar-refractivity contribution in [2.45, 2.75) is 25.1 Å². The van der Waals surface area contributed by atoms with Crippen LogP contribution in [0.2, 0.25) is 0 Å². The summed E-state index contributed by atoms with van der Waals surface area (Å²) in [6.07, 6.45) is 4.15. The van der Waals surface area contributed by atoms with Gasteiger partial charge in [-0.1, -0.05) is 35.8 Å². The van der Waals surface area contributed by atoms with Crippen LogP contribution in [0.1, 0.15) is 30.8 Å². The number of hydrogen-bond acceptors (Lipinski definition) is 4. The Morgan fingerprint density at radius 3 is 2.74 bits per heavy atom. The lowest BCUT2D eigenvalue weighted by Crippen LogP contribution is -1.99. The number of oxazole rings is 1. The van der Waals surface area contributed by atoms with E-state index in [0.29, 0.717) is 11.7 Å². The number of pyridine rings is 1. The minimum Gasteiger partial charge on any atom is -0.496 e. The van der Waals surface area contributed by atoms with Crippen molar-refractivity contribution in [3.63, 3.8) is 0 Å². The number of benzene rings is 1. The molecule has 3 aromatic rings. The van der Waals surface area contributed by atoms with Crippen LogP contribution < -0.4 is 4.74 Å². The number of alkyl halides is 1. The average molecular weight is 375 g/mol. The first-order valence-corrected chi connectivity index (χ1v) is 8.51. The first-order valence-electron chi connectivity index (χ1n) is 7.60. The molecule has 120 valence electrons. The normalized spacial score (nSPS) is 12.7. The van der Waals surface area contributed by atoms with Gasteiger partial charge in [-0.15, -0.1) is 0 Å². The van der Waals surface area contributed by atoms with Gasteiger partial charge in [0.2, 0.25) is 0 Å². The van der Waals surface area contributed by atoms with E-state index in [9.17, 15) is 0 Å². The first-order chi connectivity index (χ1) is 11.1. The zero-order chi connectivity index (χ0) is 16.4. The zero-order valence-corrected chi connectivity index (χ0v) is 15.0. The van der Waals surface area contributed by atoms with Crippen molar-refractivity contribution in [2.75, 3.05) is 7.11 Å². The second kappa shape index (κ2) is 6.71. The van der Waals surface area contributed by atoms with Crippen LogP contribution in [-0.2, 0) is 0 Å². The van der Waals surface area contributed by atoms with E-state index >= 15 is 0 Å². The largest absolute Gasteiger partial charge is 0.496 e. The summed E-state index contributed by atoms with van der Waals surface area (Å²) in [4.78, 5) is 9.02. The fourth-order valence-electron chi connectivity index (χ4n) is 2.59. The van der Waals surface area contributed by atoms with E-state index in [4.69, 9.17) is 14.1 Å². The molecule has 0 radical (unpaired) electrons. The molecule has 4 nitrogen and oxygen atoms in total. The molecule has 5 heteroatoms. The summed E-state index contributed by atoms with van der Waals surface area (Å²) >= 11 is 3.74. The quantitative estimate of drug-likeness (QED) is 0.562. The molecule has 0 bridgehead atoms. The Morgan fingerprint density at radius 2 is 2.09 bits per heavy atom. The Morgan fingerprint density at radius 1 is 1.26 bits per heavy atom. The fraction of sp³-hybridized carbons (Fsp3) is 0.333. The number of ether oxygens (including phenoxy) is 1. The second-order valence-electron chi connectivity index (χ2n) is 5.94. The van der Waals surface area contributed by atoms with Crippen molar-refractivity contribution >= 4 is 26.8 Å². The van der Waals surface area contributed by atoms with Gasteiger partial charge in [-0.25, -0.2) is 4.98 Å². The predicted octanol–water partition coefficient (Wildman–Crippen LogP) is 5.38. The Balaban J connectivity index is 2.05. The number of rotatable bonds is 5. The third kappa shape index (κ3) is 3.39. The summed E-state index contributed by atoms with van der Waals surface area (Å²) in [5.41, 5.74) is 2.83. The van der Waals surface area contributed by atoms with Crippen molar-refractivity contribution in [1.29, 1.82) is 0 Å². The summed E-state index contributed by atoms with van der Waals surface area (Å²) in [6.45, 7) is 4.42. The van der Waals surface area contributed by atoms with Crippen molar-refractivity contribution in [3.8, 4) is 17.1 Å². The van der Waals surface area contributed by atoms with E-state index in [1.54, 1.807) is 13.3 Å². The third-order valence-electron chi connectivity index (χ3n) is 3.73. The van der Waals surface area contributed by atoms with Crippen LogP contribution in [0, 0.1) is 5.92 Å². The van der Waals surface area contributed by atoms with Crippen LogP contribution in [0.15, 0.2) is 41.3 Å². The molecule has 3 rings (SSSR count). The minimum absolute atomic E-state index is 0.256. The van der Waals surface area contributed by atoms with E-state index < -0.39 is 0 Å². The molecule has 0 N–H and O–H groups in total. The molecule has 0 saturated heterocycles. The Hall–Kier alpha value is -1.88. The Labute approximate surface area is 144 Å². The maximum Gasteiger partial charge on any atom is 0.181 e. The molecular formula is C18H19BrN2O2. The molecule has 2 heterocycles. The molecule has 0 aliphatic rings. The maximum atomic E-state index is 5.50. The zero-order valence-electron chi connectivity index (χ0n) is 13.4. The van der Waals surface area contributed by atoms with Crippen molar-refractivity contribution in [2.24, 2.45) is 5.92 Å². The molecule has 0 aliphatic carbocycles. The van der Waals surface area contributed by atoms with Crippen LogP contribution in [-0.4, -0.2) is 17.1 Å². The predicted molar refractivity (Wildman–Crippen MR) is 94.9 cm³/mol. The van der Waals surface area contributed by atoms with Gasteiger partial charge in [-0.05, 0) is 24.5 Å². The molecule has 1 unspecified atom stereocenters. The van der Waals surface area contributed by atoms with Gasteiger partial charge in [0.1, 0.15) is 5.75 Å². The highest BCUT2D eigenvalue weighted by Gasteiger charge is 2.15. The number of fused-ring (bicyclic) bond motifs is 1. The van der Waals surface area contributed by atoms with Crippen LogP contribution in [0.4, 0.5) is 0 Å². The molecule has 1 atom stereocenters. The first kappa shape index (κ1) is 16.0. The molecule has 1 aromatic carbocycles. The molecule has 0 aliphatic heterocycles. The number of aromatic nitrogens is 2. The molecule has 0 spiro atoms. The summed E-state index contributed by atoms with van der Waals surface area (Å²) in [5, 5.41) is 1.05. The highest BCUT2D eigenvalue weighted by Crippen LogP contribution is 2.35. The van der Waals surface area contributed by atoms with Crippen molar-refractivity contribution < 1.29 is 9.15 Å². The van der Waals surface area contributed by atoms with Gasteiger partial charge < -0.3 is 9.15 Å². The van der Waals surface area contributed by atoms with Gasteiger partial charge in [0, 0.05) is 11.5 Å². The standard InChI is InChI=1S/C18H19BrN2O2/c1-11(2)6-14(19)15-5-4-12-7-13(18-9-20-10-23-18)17(22-3)8-16(12)21-15/h4-5,7-11,14H,6H2,1-3H3. The smallest absolute Gasteiger partial charge is 0.181 e. The number of hydrogen-bond donors (Lipinski definition) is 0. The van der Waals surface area contributed by atoms with Crippen molar-refractivity contribution in [1.82, 2.24) is 9.97 Å². The molecular weight excluding hydrogens is 356 g/mol. The van der Waals surface area contributed by atoms with Gasteiger partial charge >= 0.3 is 0 Å². The molecule has 0 amide bonds.